The average molecular weight is 563 g/mol. The summed E-state index contributed by atoms with van der Waals surface area (Å²) < 4.78 is 30.3. The van der Waals surface area contributed by atoms with E-state index in [-0.39, 0.29) is 4.90 Å². The fraction of sp³-hybridized carbons (Fsp3) is 0.200. The van der Waals surface area contributed by atoms with Crippen LogP contribution in [0.2, 0.25) is 5.02 Å². The summed E-state index contributed by atoms with van der Waals surface area (Å²) in [6, 6.07) is 21.2. The van der Waals surface area contributed by atoms with Crippen LogP contribution in [0.4, 0.5) is 5.69 Å². The molecule has 202 valence electrons. The SMILES string of the molecule is Cc1cc(C)cc(-n2c(C)cc(/C=N/NC(=O)CN(c3ccc(Cl)cc3C)S(=O)(=O)c3ccccc3)c2C)c1. The first-order chi connectivity index (χ1) is 18.5. The topological polar surface area (TPSA) is 83.8 Å². The molecule has 1 amide bonds. The van der Waals surface area contributed by atoms with E-state index in [4.69, 9.17) is 11.6 Å². The van der Waals surface area contributed by atoms with Gasteiger partial charge in [-0.2, -0.15) is 5.10 Å². The number of nitrogens with zero attached hydrogens (tertiary/aromatic N) is 3. The third-order valence-electron chi connectivity index (χ3n) is 6.37. The first-order valence-electron chi connectivity index (χ1n) is 12.4. The lowest BCUT2D eigenvalue weighted by atomic mass is 10.1. The van der Waals surface area contributed by atoms with Gasteiger partial charge in [0.15, 0.2) is 0 Å². The number of aromatic nitrogens is 1. The van der Waals surface area contributed by atoms with Gasteiger partial charge in [-0.25, -0.2) is 13.8 Å². The van der Waals surface area contributed by atoms with E-state index < -0.39 is 22.5 Å². The fourth-order valence-corrected chi connectivity index (χ4v) is 6.39. The maximum atomic E-state index is 13.5. The van der Waals surface area contributed by atoms with Crippen molar-refractivity contribution in [1.82, 2.24) is 9.99 Å². The van der Waals surface area contributed by atoms with E-state index in [1.807, 2.05) is 19.9 Å². The lowest BCUT2D eigenvalue weighted by Gasteiger charge is -2.25. The summed E-state index contributed by atoms with van der Waals surface area (Å²) in [5.74, 6) is -0.580. The van der Waals surface area contributed by atoms with Crippen LogP contribution in [-0.4, -0.2) is 31.7 Å². The molecule has 0 saturated heterocycles. The number of carbonyl (C=O) groups is 1. The van der Waals surface area contributed by atoms with Gasteiger partial charge in [-0.15, -0.1) is 0 Å². The molecule has 0 aliphatic heterocycles. The van der Waals surface area contributed by atoms with Crippen LogP contribution in [0, 0.1) is 34.6 Å². The number of benzene rings is 3. The molecule has 0 fully saturated rings. The molecule has 0 atom stereocenters. The molecule has 0 aliphatic carbocycles. The van der Waals surface area contributed by atoms with E-state index in [1.165, 1.54) is 23.3 Å². The van der Waals surface area contributed by atoms with Crippen LogP contribution in [0.25, 0.3) is 5.69 Å². The predicted octanol–water partition coefficient (Wildman–Crippen LogP) is 6.02. The number of hydrazone groups is 1. The molecule has 0 aliphatic rings. The minimum Gasteiger partial charge on any atom is -0.318 e. The second-order valence-corrected chi connectivity index (χ2v) is 11.9. The molecule has 4 rings (SSSR count). The quantitative estimate of drug-likeness (QED) is 0.210. The van der Waals surface area contributed by atoms with E-state index in [2.05, 4.69) is 47.1 Å². The van der Waals surface area contributed by atoms with Crippen LogP contribution >= 0.6 is 11.6 Å². The Hall–Kier alpha value is -3.88. The molecule has 9 heteroatoms. The highest BCUT2D eigenvalue weighted by atomic mass is 35.5. The molecule has 0 unspecified atom stereocenters. The van der Waals surface area contributed by atoms with Gasteiger partial charge in [0.05, 0.1) is 16.8 Å². The molecule has 7 nitrogen and oxygen atoms in total. The van der Waals surface area contributed by atoms with Gasteiger partial charge < -0.3 is 4.57 Å². The van der Waals surface area contributed by atoms with Gasteiger partial charge in [0.2, 0.25) is 0 Å². The van der Waals surface area contributed by atoms with Crippen molar-refractivity contribution >= 4 is 39.4 Å². The van der Waals surface area contributed by atoms with Crippen LogP contribution in [-0.2, 0) is 14.8 Å². The Kier molecular flexibility index (Phi) is 8.28. The molecule has 0 spiro atoms. The predicted molar refractivity (Wildman–Crippen MR) is 158 cm³/mol. The van der Waals surface area contributed by atoms with Crippen LogP contribution in [0.3, 0.4) is 0 Å². The molecule has 0 saturated carbocycles. The Morgan fingerprint density at radius 3 is 2.26 bits per heavy atom. The minimum absolute atomic E-state index is 0.0782. The summed E-state index contributed by atoms with van der Waals surface area (Å²) in [6.45, 7) is 9.42. The number of halogens is 1. The van der Waals surface area contributed by atoms with Crippen molar-refractivity contribution in [2.45, 2.75) is 39.5 Å². The Labute approximate surface area is 234 Å². The molecule has 3 aromatic carbocycles. The molecule has 0 bridgehead atoms. The Morgan fingerprint density at radius 2 is 1.62 bits per heavy atom. The Bertz CT molecular complexity index is 1640. The van der Waals surface area contributed by atoms with Gasteiger partial charge in [0, 0.05) is 27.7 Å². The summed E-state index contributed by atoms with van der Waals surface area (Å²) in [6.07, 6.45) is 1.57. The summed E-state index contributed by atoms with van der Waals surface area (Å²) in [4.78, 5) is 13.0. The Morgan fingerprint density at radius 1 is 0.949 bits per heavy atom. The number of carbonyl (C=O) groups excluding carboxylic acids is 1. The van der Waals surface area contributed by atoms with Crippen LogP contribution in [0.15, 0.2) is 82.8 Å². The van der Waals surface area contributed by atoms with Crippen molar-refractivity contribution in [2.75, 3.05) is 10.8 Å². The van der Waals surface area contributed by atoms with Gasteiger partial charge >= 0.3 is 0 Å². The highest BCUT2D eigenvalue weighted by Crippen LogP contribution is 2.29. The van der Waals surface area contributed by atoms with E-state index in [1.54, 1.807) is 49.5 Å². The van der Waals surface area contributed by atoms with E-state index >= 15 is 0 Å². The van der Waals surface area contributed by atoms with E-state index in [9.17, 15) is 13.2 Å². The maximum Gasteiger partial charge on any atom is 0.264 e. The van der Waals surface area contributed by atoms with Crippen molar-refractivity contribution in [3.63, 3.8) is 0 Å². The molecule has 0 radical (unpaired) electrons. The zero-order valence-electron chi connectivity index (χ0n) is 22.6. The summed E-state index contributed by atoms with van der Waals surface area (Å²) in [5, 5.41) is 4.62. The first-order valence-corrected chi connectivity index (χ1v) is 14.2. The molecule has 1 aromatic heterocycles. The monoisotopic (exact) mass is 562 g/mol. The fourth-order valence-electron chi connectivity index (χ4n) is 4.65. The Balaban J connectivity index is 1.58. The third-order valence-corrected chi connectivity index (χ3v) is 8.38. The molecular formula is C30H31ClN4O3S. The van der Waals surface area contributed by atoms with Crippen LogP contribution in [0.5, 0.6) is 0 Å². The summed E-state index contributed by atoms with van der Waals surface area (Å²) in [7, 11) is -4.03. The van der Waals surface area contributed by atoms with Gasteiger partial charge in [-0.1, -0.05) is 35.9 Å². The number of hydrogen-bond donors (Lipinski definition) is 1. The largest absolute Gasteiger partial charge is 0.318 e. The van der Waals surface area contributed by atoms with Gasteiger partial charge in [-0.3, -0.25) is 9.10 Å². The maximum absolute atomic E-state index is 13.5. The number of nitrogens with one attached hydrogen (secondary N) is 1. The second kappa shape index (κ2) is 11.5. The number of rotatable bonds is 8. The molecular weight excluding hydrogens is 532 g/mol. The normalized spacial score (nSPS) is 11.6. The minimum atomic E-state index is -4.03. The standard InChI is InChI=1S/C30H31ClN4O3S/c1-20-13-21(2)15-27(14-20)35-23(4)17-25(24(35)5)18-32-33-30(36)19-34(29-12-11-26(31)16-22(29)3)39(37,38)28-9-7-6-8-10-28/h6-18H,19H2,1-5H3,(H,33,36)/b32-18+. The van der Waals surface area contributed by atoms with Gasteiger partial charge in [-0.05, 0) is 99.8 Å². The van der Waals surface area contributed by atoms with E-state index in [0.717, 1.165) is 26.9 Å². The number of amides is 1. The number of aryl methyl sites for hydroxylation is 4. The first kappa shape index (κ1) is 28.1. The average Bonchev–Trinajstić information content (AvgIpc) is 3.15. The van der Waals surface area contributed by atoms with Crippen molar-refractivity contribution in [3.8, 4) is 5.69 Å². The lowest BCUT2D eigenvalue weighted by Crippen LogP contribution is -2.40. The van der Waals surface area contributed by atoms with Gasteiger partial charge in [0.1, 0.15) is 6.54 Å². The van der Waals surface area contributed by atoms with Crippen molar-refractivity contribution in [1.29, 1.82) is 0 Å². The molecule has 1 heterocycles. The zero-order chi connectivity index (χ0) is 28.3. The molecule has 4 aromatic rings. The van der Waals surface area contributed by atoms with Crippen LogP contribution in [0.1, 0.15) is 33.6 Å². The lowest BCUT2D eigenvalue weighted by molar-refractivity contribution is -0.119. The van der Waals surface area contributed by atoms with Crippen LogP contribution < -0.4 is 9.73 Å². The van der Waals surface area contributed by atoms with Crippen molar-refractivity contribution < 1.29 is 13.2 Å². The highest BCUT2D eigenvalue weighted by molar-refractivity contribution is 7.92. The smallest absolute Gasteiger partial charge is 0.264 e. The molecule has 39 heavy (non-hydrogen) atoms. The van der Waals surface area contributed by atoms with Crippen molar-refractivity contribution in [2.24, 2.45) is 5.10 Å². The number of hydrogen-bond acceptors (Lipinski definition) is 4. The van der Waals surface area contributed by atoms with Crippen molar-refractivity contribution in [3.05, 3.63) is 111 Å². The highest BCUT2D eigenvalue weighted by Gasteiger charge is 2.28. The summed E-state index contributed by atoms with van der Waals surface area (Å²) in [5.41, 5.74) is 9.72. The summed E-state index contributed by atoms with van der Waals surface area (Å²) >= 11 is 6.10. The number of anilines is 1. The molecule has 1 N–H and O–H groups in total. The zero-order valence-corrected chi connectivity index (χ0v) is 24.1. The third kappa shape index (κ3) is 6.24. The van der Waals surface area contributed by atoms with Gasteiger partial charge in [0.25, 0.3) is 15.9 Å². The number of sulfonamides is 1. The second-order valence-electron chi connectivity index (χ2n) is 9.56. The van der Waals surface area contributed by atoms with E-state index in [0.29, 0.717) is 16.3 Å².